The molecule has 5 fully saturated rings. The van der Waals surface area contributed by atoms with E-state index in [0.717, 1.165) is 89.5 Å². The average molecular weight is 669 g/mol. The molecule has 0 spiro atoms. The number of carbonyl (C=O) groups is 3. The van der Waals surface area contributed by atoms with E-state index in [-0.39, 0.29) is 49.3 Å². The Labute approximate surface area is 287 Å². The maximum Gasteiger partial charge on any atom is 0.350 e. The number of aliphatic hydroxyl groups excluding tert-OH is 1. The van der Waals surface area contributed by atoms with Gasteiger partial charge >= 0.3 is 5.97 Å². The van der Waals surface area contributed by atoms with Gasteiger partial charge in [0.15, 0.2) is 17.2 Å². The van der Waals surface area contributed by atoms with Crippen molar-refractivity contribution in [2.24, 2.45) is 35.5 Å². The molecule has 4 aliphatic carbocycles. The van der Waals surface area contributed by atoms with Gasteiger partial charge in [-0.2, -0.15) is 0 Å². The smallest absolute Gasteiger partial charge is 0.350 e. The van der Waals surface area contributed by atoms with E-state index in [1.807, 2.05) is 14.0 Å². The summed E-state index contributed by atoms with van der Waals surface area (Å²) in [5.41, 5.74) is -1.76. The molecule has 2 aliphatic heterocycles. The summed E-state index contributed by atoms with van der Waals surface area (Å²) >= 11 is 0. The molecule has 0 amide bonds. The third-order valence-corrected chi connectivity index (χ3v) is 12.8. The minimum Gasteiger partial charge on any atom is -0.463 e. The number of epoxide rings is 1. The van der Waals surface area contributed by atoms with E-state index in [4.69, 9.17) is 9.47 Å². The van der Waals surface area contributed by atoms with Crippen LogP contribution in [0.15, 0.2) is 23.3 Å². The second kappa shape index (κ2) is 15.5. The zero-order valence-electron chi connectivity index (χ0n) is 29.5. The number of fused-ring (bicyclic) bond motifs is 3. The van der Waals surface area contributed by atoms with Gasteiger partial charge in [-0.25, -0.2) is 4.79 Å². The van der Waals surface area contributed by atoms with Crippen molar-refractivity contribution in [2.45, 2.75) is 121 Å². The predicted molar refractivity (Wildman–Crippen MR) is 184 cm³/mol. The standard InChI is InChI=1S/C38H60N4O6/c1-4-40-32-19-27-10-6-5-9-26(27)18-28(32)22-47-36(46)38-35(45)31-12-8-7-11-30(31)34(44)37(38,48-38)20-29(21-43)24(2)13-14-25-15-16-41-33(17-25)42-23-39-3/h6,10,25-28,30-33,39-43H,4-5,7-9,11-23H2,1-3H3. The Kier molecular flexibility index (Phi) is 11.6. The summed E-state index contributed by atoms with van der Waals surface area (Å²) < 4.78 is 12.4. The molecule has 3 saturated carbocycles. The Bertz CT molecular complexity index is 1250. The summed E-state index contributed by atoms with van der Waals surface area (Å²) in [7, 11) is 1.93. The molecule has 10 heteroatoms. The van der Waals surface area contributed by atoms with Crippen molar-refractivity contribution in [3.05, 3.63) is 23.3 Å². The Hall–Kier alpha value is -1.95. The molecule has 6 aliphatic rings. The first-order valence-electron chi connectivity index (χ1n) is 19.0. The molecule has 48 heavy (non-hydrogen) atoms. The van der Waals surface area contributed by atoms with E-state index in [9.17, 15) is 19.5 Å². The maximum absolute atomic E-state index is 14.4. The van der Waals surface area contributed by atoms with Crippen molar-refractivity contribution < 1.29 is 29.0 Å². The van der Waals surface area contributed by atoms with Crippen LogP contribution in [0.5, 0.6) is 0 Å². The Morgan fingerprint density at radius 2 is 1.88 bits per heavy atom. The van der Waals surface area contributed by atoms with Crippen LogP contribution in [-0.4, -0.2) is 86.1 Å². The van der Waals surface area contributed by atoms with Crippen LogP contribution in [0.3, 0.4) is 0 Å². The average Bonchev–Trinajstić information content (AvgIpc) is 3.82. The van der Waals surface area contributed by atoms with Gasteiger partial charge in [0.05, 0.1) is 19.4 Å². The number of rotatable bonds is 14. The monoisotopic (exact) mass is 668 g/mol. The first-order valence-corrected chi connectivity index (χ1v) is 19.0. The fourth-order valence-corrected chi connectivity index (χ4v) is 10.00. The summed E-state index contributed by atoms with van der Waals surface area (Å²) in [5, 5.41) is 24.4. The summed E-state index contributed by atoms with van der Waals surface area (Å²) in [4.78, 5) is 42.9. The van der Waals surface area contributed by atoms with Gasteiger partial charge in [-0.05, 0) is 115 Å². The van der Waals surface area contributed by atoms with Crippen LogP contribution in [0.1, 0.15) is 97.3 Å². The second-order valence-electron chi connectivity index (χ2n) is 15.6. The van der Waals surface area contributed by atoms with Crippen molar-refractivity contribution >= 4 is 17.5 Å². The summed E-state index contributed by atoms with van der Waals surface area (Å²) in [6, 6.07) is 0.224. The lowest BCUT2D eigenvalue weighted by atomic mass is 9.60. The minimum absolute atomic E-state index is 0.0658. The number of nitrogens with one attached hydrogen (secondary N) is 4. The van der Waals surface area contributed by atoms with Crippen LogP contribution in [0.4, 0.5) is 0 Å². The molecule has 0 aromatic carbocycles. The Balaban J connectivity index is 1.18. The molecule has 0 radical (unpaired) electrons. The highest BCUT2D eigenvalue weighted by Crippen LogP contribution is 2.62. The van der Waals surface area contributed by atoms with Crippen LogP contribution < -0.4 is 21.3 Å². The molecule has 2 saturated heterocycles. The molecule has 0 aromatic heterocycles. The molecular formula is C38H60N4O6. The van der Waals surface area contributed by atoms with Crippen molar-refractivity contribution in [3.8, 4) is 0 Å². The first kappa shape index (κ1) is 35.9. The number of aliphatic hydroxyl groups is 1. The predicted octanol–water partition coefficient (Wildman–Crippen LogP) is 3.54. The number of ketones is 2. The van der Waals surface area contributed by atoms with Crippen LogP contribution in [0.2, 0.25) is 0 Å². The lowest BCUT2D eigenvalue weighted by molar-refractivity contribution is -0.160. The molecule has 268 valence electrons. The number of allylic oxidation sites excluding steroid dienone is 3. The van der Waals surface area contributed by atoms with Gasteiger partial charge in [-0.1, -0.05) is 37.5 Å². The van der Waals surface area contributed by atoms with E-state index >= 15 is 0 Å². The number of carbonyl (C=O) groups excluding carboxylic acids is 3. The van der Waals surface area contributed by atoms with Crippen LogP contribution in [0, 0.1) is 35.5 Å². The zero-order chi connectivity index (χ0) is 33.9. The highest BCUT2D eigenvalue weighted by Gasteiger charge is 2.87. The fraction of sp³-hybridized carbons (Fsp3) is 0.816. The van der Waals surface area contributed by atoms with Gasteiger partial charge in [-0.3, -0.25) is 14.9 Å². The SMILES string of the molecule is CCNC1CC2C=CCCC2CC1COC(=O)C12OC1(CC(CO)=C(C)CCC1CCNC(NCNC)C1)C(=O)C1CCCCC1C2=O. The molecule has 2 heterocycles. The molecule has 10 nitrogen and oxygen atoms in total. The first-order chi connectivity index (χ1) is 23.3. The van der Waals surface area contributed by atoms with Crippen LogP contribution in [0.25, 0.3) is 0 Å². The number of piperidine rings is 1. The Morgan fingerprint density at radius 1 is 1.08 bits per heavy atom. The molecular weight excluding hydrogens is 608 g/mol. The Morgan fingerprint density at radius 3 is 2.62 bits per heavy atom. The molecule has 0 bridgehead atoms. The zero-order valence-corrected chi connectivity index (χ0v) is 29.5. The number of ether oxygens (including phenoxy) is 2. The lowest BCUT2D eigenvalue weighted by Gasteiger charge is -2.42. The van der Waals surface area contributed by atoms with Crippen molar-refractivity contribution in [1.82, 2.24) is 21.3 Å². The number of hydrogen-bond acceptors (Lipinski definition) is 10. The van der Waals surface area contributed by atoms with Crippen LogP contribution >= 0.6 is 0 Å². The largest absolute Gasteiger partial charge is 0.463 e. The van der Waals surface area contributed by atoms with Gasteiger partial charge < -0.3 is 30.5 Å². The van der Waals surface area contributed by atoms with E-state index in [1.54, 1.807) is 0 Å². The number of Topliss-reactive ketones (excluding diaryl/α,β-unsaturated/α-hetero) is 2. The highest BCUT2D eigenvalue weighted by molar-refractivity contribution is 6.23. The number of hydrogen-bond donors (Lipinski definition) is 5. The normalized spacial score (nSPS) is 39.6. The summed E-state index contributed by atoms with van der Waals surface area (Å²) in [6.07, 6.45) is 16.1. The van der Waals surface area contributed by atoms with E-state index in [1.165, 1.54) is 0 Å². The third kappa shape index (κ3) is 6.87. The van der Waals surface area contributed by atoms with Gasteiger partial charge in [0, 0.05) is 36.9 Å². The maximum atomic E-state index is 14.4. The van der Waals surface area contributed by atoms with Crippen molar-refractivity contribution in [2.75, 3.05) is 40.0 Å². The molecule has 10 atom stereocenters. The van der Waals surface area contributed by atoms with E-state index in [2.05, 4.69) is 40.3 Å². The minimum atomic E-state index is -1.90. The fourth-order valence-electron chi connectivity index (χ4n) is 10.00. The van der Waals surface area contributed by atoms with Crippen molar-refractivity contribution in [3.63, 3.8) is 0 Å². The second-order valence-corrected chi connectivity index (χ2v) is 15.6. The lowest BCUT2D eigenvalue weighted by Crippen LogP contribution is -2.58. The summed E-state index contributed by atoms with van der Waals surface area (Å²) in [6.45, 7) is 6.62. The highest BCUT2D eigenvalue weighted by atomic mass is 16.7. The molecule has 0 aromatic rings. The van der Waals surface area contributed by atoms with Gasteiger partial charge in [-0.15, -0.1) is 0 Å². The summed E-state index contributed by atoms with van der Waals surface area (Å²) in [5.74, 6) is -0.246. The van der Waals surface area contributed by atoms with Gasteiger partial charge in [0.2, 0.25) is 0 Å². The quantitative estimate of drug-likeness (QED) is 0.0614. The van der Waals surface area contributed by atoms with Crippen molar-refractivity contribution in [1.29, 1.82) is 0 Å². The van der Waals surface area contributed by atoms with E-state index in [0.29, 0.717) is 36.2 Å². The number of esters is 1. The molecule has 6 rings (SSSR count). The van der Waals surface area contributed by atoms with Crippen LogP contribution in [-0.2, 0) is 23.9 Å². The molecule has 10 unspecified atom stereocenters. The van der Waals surface area contributed by atoms with Gasteiger partial charge in [0.1, 0.15) is 0 Å². The third-order valence-electron chi connectivity index (χ3n) is 12.8. The van der Waals surface area contributed by atoms with E-state index < -0.39 is 29.0 Å². The molecule has 5 N–H and O–H groups in total. The topological polar surface area (TPSA) is 141 Å². The van der Waals surface area contributed by atoms with Gasteiger partial charge in [0.25, 0.3) is 5.60 Å².